The van der Waals surface area contributed by atoms with Gasteiger partial charge in [-0.1, -0.05) is 0 Å². The molecule has 2 amide bonds. The number of hydrogen-bond donors (Lipinski definition) is 2. The number of aryl methyl sites for hydroxylation is 1. The van der Waals surface area contributed by atoms with Crippen molar-refractivity contribution in [2.75, 3.05) is 17.7 Å². The van der Waals surface area contributed by atoms with Gasteiger partial charge in [-0.3, -0.25) is 9.59 Å². The molecule has 6 heteroatoms. The smallest absolute Gasteiger partial charge is 0.255 e. The van der Waals surface area contributed by atoms with E-state index in [9.17, 15) is 9.59 Å². The van der Waals surface area contributed by atoms with Crippen molar-refractivity contribution < 1.29 is 14.3 Å². The summed E-state index contributed by atoms with van der Waals surface area (Å²) < 4.78 is 7.28. The highest BCUT2D eigenvalue weighted by Crippen LogP contribution is 2.28. The van der Waals surface area contributed by atoms with E-state index in [0.717, 1.165) is 10.9 Å². The molecule has 1 aromatic heterocycles. The molecule has 0 spiro atoms. The highest BCUT2D eigenvalue weighted by Gasteiger charge is 2.12. The summed E-state index contributed by atoms with van der Waals surface area (Å²) >= 11 is 0. The largest absolute Gasteiger partial charge is 0.495 e. The van der Waals surface area contributed by atoms with Gasteiger partial charge in [-0.05, 0) is 42.5 Å². The van der Waals surface area contributed by atoms with E-state index in [1.54, 1.807) is 24.3 Å². The molecule has 128 valence electrons. The topological polar surface area (TPSA) is 72.4 Å². The minimum Gasteiger partial charge on any atom is -0.495 e. The molecule has 0 aliphatic rings. The number of anilines is 2. The van der Waals surface area contributed by atoms with Crippen LogP contribution < -0.4 is 15.4 Å². The summed E-state index contributed by atoms with van der Waals surface area (Å²) in [6.45, 7) is 1.43. The van der Waals surface area contributed by atoms with E-state index in [0.29, 0.717) is 22.7 Å². The van der Waals surface area contributed by atoms with Crippen molar-refractivity contribution >= 4 is 34.1 Å². The van der Waals surface area contributed by atoms with Crippen molar-refractivity contribution in [3.05, 3.63) is 54.2 Å². The number of amides is 2. The van der Waals surface area contributed by atoms with Crippen LogP contribution >= 0.6 is 0 Å². The summed E-state index contributed by atoms with van der Waals surface area (Å²) in [5.41, 5.74) is 2.68. The first-order valence-corrected chi connectivity index (χ1v) is 7.80. The monoisotopic (exact) mass is 337 g/mol. The molecule has 0 bridgehead atoms. The highest BCUT2D eigenvalue weighted by atomic mass is 16.5. The fourth-order valence-electron chi connectivity index (χ4n) is 2.70. The number of rotatable bonds is 4. The molecule has 0 atom stereocenters. The number of benzene rings is 2. The average Bonchev–Trinajstić information content (AvgIpc) is 2.95. The summed E-state index contributed by atoms with van der Waals surface area (Å²) in [5, 5.41) is 6.52. The number of nitrogens with zero attached hydrogens (tertiary/aromatic N) is 1. The van der Waals surface area contributed by atoms with Crippen LogP contribution in [0.15, 0.2) is 48.7 Å². The molecule has 1 heterocycles. The van der Waals surface area contributed by atoms with Crippen LogP contribution in [0.2, 0.25) is 0 Å². The number of methoxy groups -OCH3 is 1. The maximum atomic E-state index is 12.6. The molecule has 2 aromatic carbocycles. The Labute approximate surface area is 145 Å². The van der Waals surface area contributed by atoms with E-state index in [2.05, 4.69) is 10.6 Å². The zero-order chi connectivity index (χ0) is 18.0. The Morgan fingerprint density at radius 2 is 1.84 bits per heavy atom. The third kappa shape index (κ3) is 3.47. The molecule has 6 nitrogen and oxygen atoms in total. The average molecular weight is 337 g/mol. The summed E-state index contributed by atoms with van der Waals surface area (Å²) in [6.07, 6.45) is 1.95. The fraction of sp³-hybridized carbons (Fsp3) is 0.158. The van der Waals surface area contributed by atoms with Crippen molar-refractivity contribution in [1.82, 2.24) is 4.57 Å². The molecule has 0 aliphatic heterocycles. The molecule has 3 aromatic rings. The molecule has 25 heavy (non-hydrogen) atoms. The molecule has 0 unspecified atom stereocenters. The van der Waals surface area contributed by atoms with E-state index in [1.165, 1.54) is 14.0 Å². The first-order valence-electron chi connectivity index (χ1n) is 7.80. The van der Waals surface area contributed by atoms with E-state index in [4.69, 9.17) is 4.74 Å². The minimum absolute atomic E-state index is 0.183. The zero-order valence-corrected chi connectivity index (χ0v) is 14.3. The standard InChI is InChI=1S/C19H19N3O3/c1-12(23)20-15-5-7-18(25-3)16(11-15)21-19(24)14-4-6-17-13(10-14)8-9-22(17)2/h4-11H,1-3H3,(H,20,23)(H,21,24). The fourth-order valence-corrected chi connectivity index (χ4v) is 2.70. The lowest BCUT2D eigenvalue weighted by atomic mass is 10.1. The first kappa shape index (κ1) is 16.6. The van der Waals surface area contributed by atoms with Gasteiger partial charge in [0.2, 0.25) is 5.91 Å². The molecular weight excluding hydrogens is 318 g/mol. The second-order valence-electron chi connectivity index (χ2n) is 5.75. The lowest BCUT2D eigenvalue weighted by Crippen LogP contribution is -2.13. The zero-order valence-electron chi connectivity index (χ0n) is 14.3. The Morgan fingerprint density at radius 1 is 1.04 bits per heavy atom. The van der Waals surface area contributed by atoms with Crippen LogP contribution in [0, 0.1) is 0 Å². The van der Waals surface area contributed by atoms with Gasteiger partial charge in [0, 0.05) is 42.3 Å². The maximum absolute atomic E-state index is 12.6. The van der Waals surface area contributed by atoms with E-state index in [-0.39, 0.29) is 11.8 Å². The van der Waals surface area contributed by atoms with Crippen LogP contribution in [0.1, 0.15) is 17.3 Å². The Hall–Kier alpha value is -3.28. The predicted octanol–water partition coefficient (Wildman–Crippen LogP) is 3.40. The molecular formula is C19H19N3O3. The van der Waals surface area contributed by atoms with E-state index in [1.807, 2.05) is 36.0 Å². The molecule has 0 saturated carbocycles. The molecule has 2 N–H and O–H groups in total. The minimum atomic E-state index is -0.246. The lowest BCUT2D eigenvalue weighted by molar-refractivity contribution is -0.114. The SMILES string of the molecule is COc1ccc(NC(C)=O)cc1NC(=O)c1ccc2c(ccn2C)c1. The summed E-state index contributed by atoms with van der Waals surface area (Å²) in [7, 11) is 3.49. The van der Waals surface area contributed by atoms with Gasteiger partial charge in [0.1, 0.15) is 5.75 Å². The number of aromatic nitrogens is 1. The number of fused-ring (bicyclic) bond motifs is 1. The predicted molar refractivity (Wildman–Crippen MR) is 98.2 cm³/mol. The van der Waals surface area contributed by atoms with E-state index >= 15 is 0 Å². The molecule has 3 rings (SSSR count). The molecule has 0 radical (unpaired) electrons. The van der Waals surface area contributed by atoms with Crippen LogP contribution in [-0.4, -0.2) is 23.5 Å². The van der Waals surface area contributed by atoms with Crippen molar-refractivity contribution in [1.29, 1.82) is 0 Å². The first-order chi connectivity index (χ1) is 12.0. The van der Waals surface area contributed by atoms with Crippen LogP contribution in [0.3, 0.4) is 0 Å². The molecule has 0 aliphatic carbocycles. The second kappa shape index (κ2) is 6.68. The number of carbonyl (C=O) groups is 2. The summed E-state index contributed by atoms with van der Waals surface area (Å²) in [4.78, 5) is 23.8. The van der Waals surface area contributed by atoms with Crippen molar-refractivity contribution in [3.63, 3.8) is 0 Å². The number of ether oxygens (including phenoxy) is 1. The van der Waals surface area contributed by atoms with Crippen molar-refractivity contribution in [3.8, 4) is 5.75 Å². The van der Waals surface area contributed by atoms with Gasteiger partial charge in [0.25, 0.3) is 5.91 Å². The Balaban J connectivity index is 1.88. The Kier molecular flexibility index (Phi) is 4.43. The highest BCUT2D eigenvalue weighted by molar-refractivity contribution is 6.07. The summed E-state index contributed by atoms with van der Waals surface area (Å²) in [6, 6.07) is 12.6. The van der Waals surface area contributed by atoms with E-state index < -0.39 is 0 Å². The third-order valence-corrected chi connectivity index (χ3v) is 3.92. The maximum Gasteiger partial charge on any atom is 0.255 e. The lowest BCUT2D eigenvalue weighted by Gasteiger charge is -2.12. The van der Waals surface area contributed by atoms with Gasteiger partial charge in [-0.15, -0.1) is 0 Å². The number of nitrogens with one attached hydrogen (secondary N) is 2. The van der Waals surface area contributed by atoms with Crippen LogP contribution in [0.5, 0.6) is 5.75 Å². The van der Waals surface area contributed by atoms with Gasteiger partial charge in [-0.25, -0.2) is 0 Å². The van der Waals surface area contributed by atoms with Gasteiger partial charge in [0.05, 0.1) is 12.8 Å². The second-order valence-corrected chi connectivity index (χ2v) is 5.75. The quantitative estimate of drug-likeness (QED) is 0.766. The van der Waals surface area contributed by atoms with Crippen LogP contribution in [0.4, 0.5) is 11.4 Å². The van der Waals surface area contributed by atoms with Gasteiger partial charge in [-0.2, -0.15) is 0 Å². The molecule has 0 fully saturated rings. The summed E-state index contributed by atoms with van der Waals surface area (Å²) in [5.74, 6) is 0.0873. The third-order valence-electron chi connectivity index (χ3n) is 3.92. The number of carbonyl (C=O) groups excluding carboxylic acids is 2. The number of hydrogen-bond acceptors (Lipinski definition) is 3. The molecule has 0 saturated heterocycles. The van der Waals surface area contributed by atoms with Crippen LogP contribution in [0.25, 0.3) is 10.9 Å². The van der Waals surface area contributed by atoms with Gasteiger partial charge >= 0.3 is 0 Å². The van der Waals surface area contributed by atoms with Gasteiger partial charge < -0.3 is 19.9 Å². The van der Waals surface area contributed by atoms with Crippen LogP contribution in [-0.2, 0) is 11.8 Å². The van der Waals surface area contributed by atoms with Crippen molar-refractivity contribution in [2.24, 2.45) is 7.05 Å². The normalized spacial score (nSPS) is 10.5. The van der Waals surface area contributed by atoms with Crippen molar-refractivity contribution in [2.45, 2.75) is 6.92 Å². The van der Waals surface area contributed by atoms with Gasteiger partial charge in [0.15, 0.2) is 0 Å². The Bertz CT molecular complexity index is 960. The Morgan fingerprint density at radius 3 is 2.56 bits per heavy atom.